The van der Waals surface area contributed by atoms with E-state index < -0.39 is 6.29 Å². The van der Waals surface area contributed by atoms with E-state index in [9.17, 15) is 4.79 Å². The highest BCUT2D eigenvalue weighted by molar-refractivity contribution is 5.89. The van der Waals surface area contributed by atoms with Gasteiger partial charge in [0.25, 0.3) is 0 Å². The Kier molecular flexibility index (Phi) is 5.53. The molecular formula is C12H16O4. The van der Waals surface area contributed by atoms with Crippen molar-refractivity contribution >= 4 is 5.97 Å². The maximum Gasteiger partial charge on any atom is 0.340 e. The molecule has 4 heteroatoms. The van der Waals surface area contributed by atoms with Crippen molar-refractivity contribution in [3.8, 4) is 0 Å². The summed E-state index contributed by atoms with van der Waals surface area (Å²) in [5.74, 6) is -0.386. The fourth-order valence-electron chi connectivity index (χ4n) is 1.20. The Morgan fingerprint density at radius 3 is 2.50 bits per heavy atom. The summed E-state index contributed by atoms with van der Waals surface area (Å²) < 4.78 is 15.1. The van der Waals surface area contributed by atoms with Gasteiger partial charge in [-0.25, -0.2) is 4.79 Å². The van der Waals surface area contributed by atoms with Crippen molar-refractivity contribution in [1.82, 2.24) is 0 Å². The van der Waals surface area contributed by atoms with Gasteiger partial charge in [0.05, 0.1) is 12.2 Å². The molecule has 0 bridgehead atoms. The standard InChI is InChI=1S/C12H16O4/c1-14-9-8-11(15-2)16-12(13)10-6-4-3-5-7-10/h3-7,11H,8-9H2,1-2H3. The third-order valence-corrected chi connectivity index (χ3v) is 2.07. The van der Waals surface area contributed by atoms with Crippen molar-refractivity contribution < 1.29 is 19.0 Å². The van der Waals surface area contributed by atoms with E-state index in [-0.39, 0.29) is 5.97 Å². The SMILES string of the molecule is COCCC(OC)OC(=O)c1ccccc1. The van der Waals surface area contributed by atoms with Gasteiger partial charge in [0.2, 0.25) is 6.29 Å². The van der Waals surface area contributed by atoms with Crippen LogP contribution in [0.2, 0.25) is 0 Å². The molecule has 1 aromatic rings. The monoisotopic (exact) mass is 224 g/mol. The number of ether oxygens (including phenoxy) is 3. The molecule has 1 atom stereocenters. The molecule has 1 unspecified atom stereocenters. The minimum atomic E-state index is -0.562. The summed E-state index contributed by atoms with van der Waals surface area (Å²) in [5.41, 5.74) is 0.516. The molecule has 1 rings (SSSR count). The van der Waals surface area contributed by atoms with E-state index in [0.717, 1.165) is 0 Å². The van der Waals surface area contributed by atoms with E-state index in [4.69, 9.17) is 14.2 Å². The summed E-state index contributed by atoms with van der Waals surface area (Å²) in [6.45, 7) is 0.487. The molecule has 0 spiro atoms. The first-order valence-corrected chi connectivity index (χ1v) is 5.05. The van der Waals surface area contributed by atoms with E-state index in [2.05, 4.69) is 0 Å². The lowest BCUT2D eigenvalue weighted by atomic mass is 10.2. The minimum Gasteiger partial charge on any atom is -0.432 e. The normalized spacial score (nSPS) is 12.1. The Hall–Kier alpha value is -1.39. The molecule has 0 saturated heterocycles. The van der Waals surface area contributed by atoms with Crippen molar-refractivity contribution in [1.29, 1.82) is 0 Å². The zero-order valence-electron chi connectivity index (χ0n) is 9.51. The number of rotatable bonds is 6. The van der Waals surface area contributed by atoms with Crippen LogP contribution in [0.25, 0.3) is 0 Å². The minimum absolute atomic E-state index is 0.386. The summed E-state index contributed by atoms with van der Waals surface area (Å²) in [6.07, 6.45) is -0.0429. The zero-order chi connectivity index (χ0) is 11.8. The Balaban J connectivity index is 2.49. The Morgan fingerprint density at radius 2 is 1.94 bits per heavy atom. The summed E-state index contributed by atoms with van der Waals surface area (Å²) in [7, 11) is 3.09. The number of hydrogen-bond donors (Lipinski definition) is 0. The zero-order valence-corrected chi connectivity index (χ0v) is 9.51. The van der Waals surface area contributed by atoms with E-state index in [1.807, 2.05) is 6.07 Å². The first kappa shape index (κ1) is 12.7. The average molecular weight is 224 g/mol. The lowest BCUT2D eigenvalue weighted by Gasteiger charge is -2.15. The van der Waals surface area contributed by atoms with Crippen LogP contribution in [-0.2, 0) is 14.2 Å². The van der Waals surface area contributed by atoms with Crippen LogP contribution in [0.15, 0.2) is 30.3 Å². The Bertz CT molecular complexity index is 310. The maximum atomic E-state index is 11.6. The number of methoxy groups -OCH3 is 2. The van der Waals surface area contributed by atoms with Gasteiger partial charge in [0.15, 0.2) is 0 Å². The molecule has 0 aliphatic heterocycles. The van der Waals surface area contributed by atoms with Crippen molar-refractivity contribution in [3.63, 3.8) is 0 Å². The lowest BCUT2D eigenvalue weighted by molar-refractivity contribution is -0.100. The molecule has 0 aliphatic rings. The van der Waals surface area contributed by atoms with Gasteiger partial charge in [-0.2, -0.15) is 0 Å². The predicted octanol–water partition coefficient (Wildman–Crippen LogP) is 1.85. The third kappa shape index (κ3) is 4.00. The molecule has 0 aliphatic carbocycles. The van der Waals surface area contributed by atoms with Crippen LogP contribution in [-0.4, -0.2) is 33.1 Å². The van der Waals surface area contributed by atoms with E-state index in [0.29, 0.717) is 18.6 Å². The molecule has 16 heavy (non-hydrogen) atoms. The molecule has 0 aromatic heterocycles. The van der Waals surface area contributed by atoms with Crippen molar-refractivity contribution in [2.45, 2.75) is 12.7 Å². The summed E-state index contributed by atoms with van der Waals surface area (Å²) in [4.78, 5) is 11.6. The highest BCUT2D eigenvalue weighted by atomic mass is 16.7. The largest absolute Gasteiger partial charge is 0.432 e. The van der Waals surface area contributed by atoms with Crippen LogP contribution in [0.5, 0.6) is 0 Å². The molecule has 0 N–H and O–H groups in total. The van der Waals surface area contributed by atoms with Crippen molar-refractivity contribution in [3.05, 3.63) is 35.9 Å². The first-order chi connectivity index (χ1) is 7.77. The second-order valence-corrected chi connectivity index (χ2v) is 3.22. The molecule has 0 saturated carbocycles. The van der Waals surface area contributed by atoms with Gasteiger partial charge in [-0.1, -0.05) is 18.2 Å². The van der Waals surface area contributed by atoms with Gasteiger partial charge >= 0.3 is 5.97 Å². The molecule has 88 valence electrons. The second-order valence-electron chi connectivity index (χ2n) is 3.22. The number of carbonyl (C=O) groups is 1. The molecule has 4 nitrogen and oxygen atoms in total. The van der Waals surface area contributed by atoms with Gasteiger partial charge in [-0.15, -0.1) is 0 Å². The number of carbonyl (C=O) groups excluding carboxylic acids is 1. The summed E-state index contributed by atoms with van der Waals surface area (Å²) >= 11 is 0. The van der Waals surface area contributed by atoms with Crippen LogP contribution < -0.4 is 0 Å². The summed E-state index contributed by atoms with van der Waals surface area (Å²) in [6, 6.07) is 8.81. The van der Waals surface area contributed by atoms with Gasteiger partial charge < -0.3 is 14.2 Å². The number of hydrogen-bond acceptors (Lipinski definition) is 4. The van der Waals surface area contributed by atoms with Gasteiger partial charge in [-0.05, 0) is 12.1 Å². The van der Waals surface area contributed by atoms with Crippen LogP contribution in [0.1, 0.15) is 16.8 Å². The fourth-order valence-corrected chi connectivity index (χ4v) is 1.20. The predicted molar refractivity (Wildman–Crippen MR) is 59.1 cm³/mol. The highest BCUT2D eigenvalue weighted by Crippen LogP contribution is 2.06. The van der Waals surface area contributed by atoms with E-state index in [1.165, 1.54) is 7.11 Å². The smallest absolute Gasteiger partial charge is 0.340 e. The van der Waals surface area contributed by atoms with Gasteiger partial charge in [0.1, 0.15) is 0 Å². The molecule has 0 heterocycles. The van der Waals surface area contributed by atoms with Crippen LogP contribution in [0.3, 0.4) is 0 Å². The van der Waals surface area contributed by atoms with Gasteiger partial charge in [-0.3, -0.25) is 0 Å². The van der Waals surface area contributed by atoms with Crippen molar-refractivity contribution in [2.75, 3.05) is 20.8 Å². The molecule has 1 aromatic carbocycles. The van der Waals surface area contributed by atoms with E-state index in [1.54, 1.807) is 31.4 Å². The second kappa shape index (κ2) is 6.98. The van der Waals surface area contributed by atoms with Crippen molar-refractivity contribution in [2.24, 2.45) is 0 Å². The molecular weight excluding hydrogens is 208 g/mol. The van der Waals surface area contributed by atoms with Crippen LogP contribution in [0.4, 0.5) is 0 Å². The quantitative estimate of drug-likeness (QED) is 0.546. The number of esters is 1. The topological polar surface area (TPSA) is 44.8 Å². The first-order valence-electron chi connectivity index (χ1n) is 5.05. The third-order valence-electron chi connectivity index (χ3n) is 2.07. The fraction of sp³-hybridized carbons (Fsp3) is 0.417. The van der Waals surface area contributed by atoms with Crippen LogP contribution in [0, 0.1) is 0 Å². The Labute approximate surface area is 95.1 Å². The molecule has 0 fully saturated rings. The lowest BCUT2D eigenvalue weighted by Crippen LogP contribution is -2.21. The number of benzene rings is 1. The molecule has 0 radical (unpaired) electrons. The van der Waals surface area contributed by atoms with Gasteiger partial charge in [0, 0.05) is 20.6 Å². The average Bonchev–Trinajstić information content (AvgIpc) is 2.35. The van der Waals surface area contributed by atoms with E-state index >= 15 is 0 Å². The maximum absolute atomic E-state index is 11.6. The molecule has 0 amide bonds. The Morgan fingerprint density at radius 1 is 1.25 bits per heavy atom. The van der Waals surface area contributed by atoms with Crippen LogP contribution >= 0.6 is 0 Å². The summed E-state index contributed by atoms with van der Waals surface area (Å²) in [5, 5.41) is 0. The highest BCUT2D eigenvalue weighted by Gasteiger charge is 2.14.